The molecule has 0 aliphatic carbocycles. The van der Waals surface area contributed by atoms with Crippen molar-refractivity contribution in [3.05, 3.63) is 27.9 Å². The summed E-state index contributed by atoms with van der Waals surface area (Å²) in [6.45, 7) is 7.15. The quantitative estimate of drug-likeness (QED) is 0.718. The van der Waals surface area contributed by atoms with E-state index < -0.39 is 27.9 Å². The number of carboxylic acid groups (broad SMARTS) is 1. The first-order valence-corrected chi connectivity index (χ1v) is 8.71. The molecule has 24 heavy (non-hydrogen) atoms. The second-order valence-corrected chi connectivity index (χ2v) is 8.67. The minimum Gasteiger partial charge on any atom is -0.480 e. The lowest BCUT2D eigenvalue weighted by Crippen LogP contribution is -2.49. The molecule has 1 heterocycles. The highest BCUT2D eigenvalue weighted by Gasteiger charge is 2.27. The van der Waals surface area contributed by atoms with Gasteiger partial charge in [0.1, 0.15) is 6.04 Å². The number of aromatic nitrogens is 2. The second kappa shape index (κ2) is 6.99. The lowest BCUT2D eigenvalue weighted by Gasteiger charge is -2.22. The van der Waals surface area contributed by atoms with E-state index in [4.69, 9.17) is 0 Å². The van der Waals surface area contributed by atoms with Crippen LogP contribution >= 0.6 is 0 Å². The summed E-state index contributed by atoms with van der Waals surface area (Å²) in [5.74, 6) is -1.38. The summed E-state index contributed by atoms with van der Waals surface area (Å²) in [6, 6.07) is -1.49. The molecule has 0 aromatic carbocycles. The Morgan fingerprint density at radius 2 is 1.96 bits per heavy atom. The number of carbonyl (C=O) groups is 1. The average molecular weight is 360 g/mol. The highest BCUT2D eigenvalue weighted by Crippen LogP contribution is 2.21. The lowest BCUT2D eigenvalue weighted by atomic mass is 9.89. The molecule has 2 N–H and O–H groups in total. The first-order valence-electron chi connectivity index (χ1n) is 7.27. The molecule has 0 aliphatic heterocycles. The van der Waals surface area contributed by atoms with E-state index in [1.54, 1.807) is 6.92 Å². The Balaban J connectivity index is 3.20. The molecular formula is C14H24N4O5S. The van der Waals surface area contributed by atoms with Crippen LogP contribution in [0.5, 0.6) is 0 Å². The van der Waals surface area contributed by atoms with Crippen LogP contribution in [-0.4, -0.2) is 53.5 Å². The van der Waals surface area contributed by atoms with E-state index in [1.807, 2.05) is 25.5 Å². The summed E-state index contributed by atoms with van der Waals surface area (Å²) >= 11 is 0. The lowest BCUT2D eigenvalue weighted by molar-refractivity contribution is -0.139. The van der Waals surface area contributed by atoms with Crippen LogP contribution in [-0.2, 0) is 27.0 Å². The Labute approximate surface area is 141 Å². The van der Waals surface area contributed by atoms with Gasteiger partial charge in [-0.1, -0.05) is 20.8 Å². The second-order valence-electron chi connectivity index (χ2n) is 6.75. The molecule has 1 aromatic heterocycles. The van der Waals surface area contributed by atoms with Gasteiger partial charge >= 0.3 is 11.7 Å². The van der Waals surface area contributed by atoms with E-state index in [1.165, 1.54) is 20.3 Å². The smallest absolute Gasteiger partial charge is 0.347 e. The number of aryl methyl sites for hydroxylation is 1. The van der Waals surface area contributed by atoms with Crippen LogP contribution in [0.15, 0.2) is 11.0 Å². The van der Waals surface area contributed by atoms with Crippen molar-refractivity contribution in [3.63, 3.8) is 0 Å². The molecule has 1 unspecified atom stereocenters. The van der Waals surface area contributed by atoms with Crippen molar-refractivity contribution in [1.82, 2.24) is 18.6 Å². The fraction of sp³-hybridized carbons (Fsp3) is 0.643. The number of carboxylic acids is 1. The zero-order chi connectivity index (χ0) is 18.9. The van der Waals surface area contributed by atoms with Crippen molar-refractivity contribution in [2.75, 3.05) is 14.1 Å². The maximum absolute atomic E-state index is 12.2. The zero-order valence-electron chi connectivity index (χ0n) is 14.7. The number of aliphatic carboxylic acids is 1. The van der Waals surface area contributed by atoms with Crippen molar-refractivity contribution >= 4 is 16.2 Å². The molecular weight excluding hydrogens is 336 g/mol. The van der Waals surface area contributed by atoms with E-state index in [-0.39, 0.29) is 12.0 Å². The fourth-order valence-corrected chi connectivity index (χ4v) is 2.88. The van der Waals surface area contributed by atoms with Gasteiger partial charge < -0.3 is 5.11 Å². The third-order valence-electron chi connectivity index (χ3n) is 3.34. The highest BCUT2D eigenvalue weighted by molar-refractivity contribution is 7.87. The van der Waals surface area contributed by atoms with Gasteiger partial charge in [-0.25, -0.2) is 4.79 Å². The first kappa shape index (κ1) is 20.3. The summed E-state index contributed by atoms with van der Waals surface area (Å²) in [5.41, 5.74) is 0.383. The molecule has 136 valence electrons. The number of nitrogens with one attached hydrogen (secondary N) is 1. The average Bonchev–Trinajstić information content (AvgIpc) is 2.39. The zero-order valence-corrected chi connectivity index (χ0v) is 15.5. The predicted octanol–water partition coefficient (Wildman–Crippen LogP) is -0.302. The molecule has 0 fully saturated rings. The molecule has 9 nitrogen and oxygen atoms in total. The van der Waals surface area contributed by atoms with Crippen molar-refractivity contribution in [3.8, 4) is 0 Å². The standard InChI is InChI=1S/C14H24N4O5S/c1-9-7-18(13(21)15-11(9)14(2,3)4)8-10(12(19)20)16-24(22,23)17(5)6/h7,10,16H,8H2,1-6H3,(H,19,20). The number of rotatable bonds is 6. The van der Waals surface area contributed by atoms with Gasteiger partial charge in [0.15, 0.2) is 0 Å². The van der Waals surface area contributed by atoms with Gasteiger partial charge in [0.05, 0.1) is 12.2 Å². The number of nitrogens with zero attached hydrogens (tertiary/aromatic N) is 3. The van der Waals surface area contributed by atoms with E-state index in [0.717, 1.165) is 14.4 Å². The molecule has 0 spiro atoms. The van der Waals surface area contributed by atoms with Crippen LogP contribution in [0.25, 0.3) is 0 Å². The third kappa shape index (κ3) is 4.86. The van der Waals surface area contributed by atoms with Crippen molar-refractivity contribution in [1.29, 1.82) is 0 Å². The monoisotopic (exact) mass is 360 g/mol. The van der Waals surface area contributed by atoms with Crippen molar-refractivity contribution in [2.24, 2.45) is 0 Å². The summed E-state index contributed by atoms with van der Waals surface area (Å²) in [5, 5.41) is 9.24. The van der Waals surface area contributed by atoms with Crippen molar-refractivity contribution in [2.45, 2.75) is 45.7 Å². The van der Waals surface area contributed by atoms with Crippen molar-refractivity contribution < 1.29 is 18.3 Å². The van der Waals surface area contributed by atoms with E-state index >= 15 is 0 Å². The SMILES string of the molecule is Cc1cn(CC(NS(=O)(=O)N(C)C)C(=O)O)c(=O)nc1C(C)(C)C. The minimum absolute atomic E-state index is 0.332. The minimum atomic E-state index is -3.95. The third-order valence-corrected chi connectivity index (χ3v) is 4.88. The molecule has 0 bridgehead atoms. The first-order chi connectivity index (χ1) is 10.8. The van der Waals surface area contributed by atoms with Crippen LogP contribution in [0.1, 0.15) is 32.0 Å². The molecule has 1 aromatic rings. The maximum atomic E-state index is 12.2. The fourth-order valence-electron chi connectivity index (χ4n) is 2.14. The molecule has 0 amide bonds. The van der Waals surface area contributed by atoms with Gasteiger partial charge in [0.2, 0.25) is 0 Å². The summed E-state index contributed by atoms with van der Waals surface area (Å²) in [6.07, 6.45) is 1.50. The Hall–Kier alpha value is -1.78. The van der Waals surface area contributed by atoms with E-state index in [2.05, 4.69) is 4.98 Å². The number of hydrogen-bond donors (Lipinski definition) is 2. The summed E-state index contributed by atoms with van der Waals surface area (Å²) in [4.78, 5) is 27.5. The van der Waals surface area contributed by atoms with Gasteiger partial charge in [-0.2, -0.15) is 22.4 Å². The maximum Gasteiger partial charge on any atom is 0.347 e. The molecule has 10 heteroatoms. The summed E-state index contributed by atoms with van der Waals surface area (Å²) in [7, 11) is -1.40. The van der Waals surface area contributed by atoms with Crippen LogP contribution in [0, 0.1) is 6.92 Å². The predicted molar refractivity (Wildman–Crippen MR) is 89.1 cm³/mol. The molecule has 1 atom stereocenters. The van der Waals surface area contributed by atoms with E-state index in [0.29, 0.717) is 5.69 Å². The van der Waals surface area contributed by atoms with Crippen LogP contribution in [0.4, 0.5) is 0 Å². The van der Waals surface area contributed by atoms with Crippen LogP contribution in [0.3, 0.4) is 0 Å². The Morgan fingerprint density at radius 1 is 1.42 bits per heavy atom. The van der Waals surface area contributed by atoms with Gasteiger partial charge in [0, 0.05) is 25.7 Å². The van der Waals surface area contributed by atoms with Crippen LogP contribution < -0.4 is 10.4 Å². The molecule has 0 saturated heterocycles. The highest BCUT2D eigenvalue weighted by atomic mass is 32.2. The molecule has 0 radical (unpaired) electrons. The van der Waals surface area contributed by atoms with Gasteiger partial charge in [0.25, 0.3) is 10.2 Å². The normalized spacial score (nSPS) is 14.0. The number of hydrogen-bond acceptors (Lipinski definition) is 5. The Morgan fingerprint density at radius 3 is 2.38 bits per heavy atom. The Bertz CT molecular complexity index is 777. The molecule has 0 aliphatic rings. The van der Waals surface area contributed by atoms with E-state index in [9.17, 15) is 23.1 Å². The molecule has 0 saturated carbocycles. The largest absolute Gasteiger partial charge is 0.480 e. The van der Waals surface area contributed by atoms with Gasteiger partial charge in [-0.3, -0.25) is 9.36 Å². The Kier molecular flexibility index (Phi) is 5.91. The topological polar surface area (TPSA) is 122 Å². The molecule has 1 rings (SSSR count). The van der Waals surface area contributed by atoms with Gasteiger partial charge in [-0.15, -0.1) is 0 Å². The summed E-state index contributed by atoms with van der Waals surface area (Å²) < 4.78 is 27.6. The van der Waals surface area contributed by atoms with Crippen LogP contribution in [0.2, 0.25) is 0 Å². The van der Waals surface area contributed by atoms with Gasteiger partial charge in [-0.05, 0) is 12.5 Å².